The lowest BCUT2D eigenvalue weighted by Crippen LogP contribution is -2.20. The van der Waals surface area contributed by atoms with Crippen LogP contribution in [-0.2, 0) is 11.3 Å². The molecule has 0 aromatic heterocycles. The summed E-state index contributed by atoms with van der Waals surface area (Å²) in [6, 6.07) is 11.7. The minimum atomic E-state index is -0.217. The second kappa shape index (κ2) is 12.7. The number of halogens is 1. The van der Waals surface area contributed by atoms with Gasteiger partial charge in [0.1, 0.15) is 0 Å². The van der Waals surface area contributed by atoms with Gasteiger partial charge in [0.25, 0.3) is 5.91 Å². The minimum Gasteiger partial charge on any atom is -0.490 e. The monoisotopic (exact) mass is 500 g/mol. The summed E-state index contributed by atoms with van der Waals surface area (Å²) in [5, 5.41) is 6.37. The van der Waals surface area contributed by atoms with Crippen molar-refractivity contribution in [2.75, 3.05) is 25.1 Å². The molecule has 6 heteroatoms. The molecule has 0 unspecified atom stereocenters. The fourth-order valence-electron chi connectivity index (χ4n) is 3.71. The van der Waals surface area contributed by atoms with E-state index in [1.807, 2.05) is 50.2 Å². The average molecular weight is 501 g/mol. The van der Waals surface area contributed by atoms with Crippen LogP contribution in [-0.4, -0.2) is 25.7 Å². The largest absolute Gasteiger partial charge is 0.490 e. The number of benzene rings is 2. The summed E-state index contributed by atoms with van der Waals surface area (Å²) in [6.45, 7) is 6.08. The summed E-state index contributed by atoms with van der Waals surface area (Å²) in [7, 11) is 0. The van der Waals surface area contributed by atoms with Crippen LogP contribution in [0.5, 0.6) is 11.5 Å². The van der Waals surface area contributed by atoms with Crippen molar-refractivity contribution in [2.24, 2.45) is 0 Å². The first-order chi connectivity index (χ1) is 15.5. The summed E-state index contributed by atoms with van der Waals surface area (Å²) >= 11 is 3.59. The molecule has 2 aromatic carbocycles. The van der Waals surface area contributed by atoms with Crippen molar-refractivity contribution >= 4 is 27.5 Å². The number of allylic oxidation sites excluding steroid dienone is 1. The molecule has 0 saturated carbocycles. The van der Waals surface area contributed by atoms with Crippen LogP contribution in [0.2, 0.25) is 0 Å². The summed E-state index contributed by atoms with van der Waals surface area (Å²) in [6.07, 6.45) is 8.62. The third-order valence-corrected chi connectivity index (χ3v) is 5.98. The fourth-order valence-corrected chi connectivity index (χ4v) is 4.32. The maximum Gasteiger partial charge on any atom is 0.262 e. The molecule has 0 radical (unpaired) electrons. The highest BCUT2D eigenvalue weighted by atomic mass is 79.9. The lowest BCUT2D eigenvalue weighted by Gasteiger charge is -2.16. The van der Waals surface area contributed by atoms with E-state index < -0.39 is 0 Å². The van der Waals surface area contributed by atoms with Crippen LogP contribution >= 0.6 is 15.9 Å². The van der Waals surface area contributed by atoms with Crippen LogP contribution in [0.15, 0.2) is 52.5 Å². The fraction of sp³-hybridized carbons (Fsp3) is 0.423. The Morgan fingerprint density at radius 3 is 2.66 bits per heavy atom. The number of hydrogen-bond donors (Lipinski definition) is 2. The molecule has 0 fully saturated rings. The summed E-state index contributed by atoms with van der Waals surface area (Å²) in [5.41, 5.74) is 4.57. The third kappa shape index (κ3) is 7.68. The molecule has 3 rings (SSSR count). The van der Waals surface area contributed by atoms with Gasteiger partial charge in [-0.2, -0.15) is 0 Å². The van der Waals surface area contributed by atoms with E-state index in [4.69, 9.17) is 9.47 Å². The van der Waals surface area contributed by atoms with E-state index >= 15 is 0 Å². The number of aryl methyl sites for hydroxylation is 1. The summed E-state index contributed by atoms with van der Waals surface area (Å²) < 4.78 is 12.4. The van der Waals surface area contributed by atoms with E-state index in [9.17, 15) is 4.79 Å². The van der Waals surface area contributed by atoms with Gasteiger partial charge in [-0.1, -0.05) is 29.3 Å². The third-order valence-electron chi connectivity index (χ3n) is 5.39. The Balaban J connectivity index is 1.54. The smallest absolute Gasteiger partial charge is 0.262 e. The van der Waals surface area contributed by atoms with E-state index in [1.165, 1.54) is 25.7 Å². The quantitative estimate of drug-likeness (QED) is 0.286. The van der Waals surface area contributed by atoms with Gasteiger partial charge in [-0.25, -0.2) is 0 Å². The van der Waals surface area contributed by atoms with Crippen molar-refractivity contribution < 1.29 is 14.3 Å². The van der Waals surface area contributed by atoms with Crippen LogP contribution in [0.25, 0.3) is 0 Å². The molecule has 0 bridgehead atoms. The Bertz CT molecular complexity index is 925. The molecule has 2 N–H and O–H groups in total. The van der Waals surface area contributed by atoms with Crippen LogP contribution in [0, 0.1) is 6.92 Å². The second-order valence-electron chi connectivity index (χ2n) is 8.08. The molecular formula is C26H33BrN2O3. The Hall–Kier alpha value is -2.31. The van der Waals surface area contributed by atoms with Crippen molar-refractivity contribution in [1.82, 2.24) is 5.32 Å². The molecule has 0 saturated heterocycles. The van der Waals surface area contributed by atoms with Crippen LogP contribution in [0.4, 0.5) is 5.69 Å². The van der Waals surface area contributed by atoms with Crippen molar-refractivity contribution in [1.29, 1.82) is 0 Å². The highest BCUT2D eigenvalue weighted by Crippen LogP contribution is 2.37. The van der Waals surface area contributed by atoms with Crippen molar-refractivity contribution in [3.63, 3.8) is 0 Å². The Labute approximate surface area is 199 Å². The SMILES string of the molecule is CCOc1cc(CNCCC2=CCCCC2)cc(Br)c1OCC(=O)Nc1ccc(C)cc1. The summed E-state index contributed by atoms with van der Waals surface area (Å²) in [4.78, 5) is 12.3. The van der Waals surface area contributed by atoms with Crippen molar-refractivity contribution in [3.8, 4) is 11.5 Å². The molecule has 1 amide bonds. The highest BCUT2D eigenvalue weighted by molar-refractivity contribution is 9.10. The standard InChI is InChI=1S/C26H33BrN2O3/c1-3-31-24-16-21(17-28-14-13-20-7-5-4-6-8-20)15-23(27)26(24)32-18-25(30)29-22-11-9-19(2)10-12-22/h7,9-12,15-16,28H,3-6,8,13-14,17-18H2,1-2H3,(H,29,30). The second-order valence-corrected chi connectivity index (χ2v) is 8.93. The number of ether oxygens (including phenoxy) is 2. The molecule has 172 valence electrons. The Morgan fingerprint density at radius 2 is 1.94 bits per heavy atom. The van der Waals surface area contributed by atoms with E-state index in [-0.39, 0.29) is 12.5 Å². The normalized spacial score (nSPS) is 13.4. The van der Waals surface area contributed by atoms with E-state index in [0.717, 1.165) is 40.8 Å². The molecule has 2 aromatic rings. The molecule has 1 aliphatic rings. The average Bonchev–Trinajstić information content (AvgIpc) is 2.79. The van der Waals surface area contributed by atoms with Crippen molar-refractivity contribution in [3.05, 3.63) is 63.6 Å². The number of hydrogen-bond acceptors (Lipinski definition) is 4. The number of anilines is 1. The number of carbonyl (C=O) groups excluding carboxylic acids is 1. The van der Waals surface area contributed by atoms with Gasteiger partial charge in [0, 0.05) is 12.2 Å². The number of nitrogens with one attached hydrogen (secondary N) is 2. The van der Waals surface area contributed by atoms with Gasteiger partial charge < -0.3 is 20.1 Å². The topological polar surface area (TPSA) is 59.6 Å². The Morgan fingerprint density at radius 1 is 1.12 bits per heavy atom. The van der Waals surface area contributed by atoms with Gasteiger partial charge in [-0.3, -0.25) is 4.79 Å². The van der Waals surface area contributed by atoms with Gasteiger partial charge in [0.2, 0.25) is 0 Å². The molecular weight excluding hydrogens is 468 g/mol. The first kappa shape index (κ1) is 24.3. The minimum absolute atomic E-state index is 0.0980. The molecule has 0 spiro atoms. The predicted octanol–water partition coefficient (Wildman–Crippen LogP) is 6.15. The van der Waals surface area contributed by atoms with Gasteiger partial charge in [0.05, 0.1) is 11.1 Å². The van der Waals surface area contributed by atoms with Gasteiger partial charge >= 0.3 is 0 Å². The van der Waals surface area contributed by atoms with E-state index in [0.29, 0.717) is 18.1 Å². The molecule has 32 heavy (non-hydrogen) atoms. The molecule has 0 aliphatic heterocycles. The number of carbonyl (C=O) groups is 1. The lowest BCUT2D eigenvalue weighted by atomic mass is 9.97. The number of amides is 1. The zero-order chi connectivity index (χ0) is 22.8. The van der Waals surface area contributed by atoms with Crippen LogP contribution < -0.4 is 20.1 Å². The Kier molecular flexibility index (Phi) is 9.62. The lowest BCUT2D eigenvalue weighted by molar-refractivity contribution is -0.118. The van der Waals surface area contributed by atoms with Crippen LogP contribution in [0.3, 0.4) is 0 Å². The van der Waals surface area contributed by atoms with Gasteiger partial charge in [-0.05, 0) is 98.3 Å². The first-order valence-electron chi connectivity index (χ1n) is 11.4. The summed E-state index contributed by atoms with van der Waals surface area (Å²) in [5.74, 6) is 0.963. The van der Waals surface area contributed by atoms with Crippen molar-refractivity contribution in [2.45, 2.75) is 52.5 Å². The molecule has 1 aliphatic carbocycles. The maximum absolute atomic E-state index is 12.3. The first-order valence-corrected chi connectivity index (χ1v) is 12.2. The molecule has 0 atom stereocenters. The maximum atomic E-state index is 12.3. The van der Waals surface area contributed by atoms with E-state index in [1.54, 1.807) is 5.57 Å². The van der Waals surface area contributed by atoms with Gasteiger partial charge in [-0.15, -0.1) is 0 Å². The zero-order valence-corrected chi connectivity index (χ0v) is 20.6. The molecule has 0 heterocycles. The number of rotatable bonds is 11. The van der Waals surface area contributed by atoms with Crippen LogP contribution in [0.1, 0.15) is 50.2 Å². The van der Waals surface area contributed by atoms with Gasteiger partial charge in [0.15, 0.2) is 18.1 Å². The molecule has 5 nitrogen and oxygen atoms in total. The van der Waals surface area contributed by atoms with E-state index in [2.05, 4.69) is 32.6 Å². The predicted molar refractivity (Wildman–Crippen MR) is 133 cm³/mol. The highest BCUT2D eigenvalue weighted by Gasteiger charge is 2.14. The zero-order valence-electron chi connectivity index (χ0n) is 19.0.